The number of rotatable bonds is 5. The number of carboxylic acids is 1. The summed E-state index contributed by atoms with van der Waals surface area (Å²) in [6.07, 6.45) is -0.171. The minimum atomic E-state index is -1.01. The number of carbonyl (C=O) groups is 2. The lowest BCUT2D eigenvalue weighted by Crippen LogP contribution is -2.34. The highest BCUT2D eigenvalue weighted by Gasteiger charge is 2.08. The second-order valence-electron chi connectivity index (χ2n) is 3.77. The molecule has 0 aliphatic heterocycles. The molecule has 1 rings (SSSR count). The predicted molar refractivity (Wildman–Crippen MR) is 62.4 cm³/mol. The number of aromatic hydroxyl groups is 1. The van der Waals surface area contributed by atoms with Crippen molar-refractivity contribution >= 4 is 11.9 Å². The van der Waals surface area contributed by atoms with Crippen molar-refractivity contribution in [1.29, 1.82) is 0 Å². The normalized spacial score (nSPS) is 10.1. The number of amides is 1. The zero-order valence-electron chi connectivity index (χ0n) is 9.84. The number of pyridine rings is 1. The van der Waals surface area contributed by atoms with Crippen LogP contribution in [0.25, 0.3) is 0 Å². The van der Waals surface area contributed by atoms with Crippen LogP contribution >= 0.6 is 0 Å². The summed E-state index contributed by atoms with van der Waals surface area (Å²) in [6.45, 7) is 1.40. The van der Waals surface area contributed by atoms with E-state index >= 15 is 0 Å². The van der Waals surface area contributed by atoms with Gasteiger partial charge in [0.1, 0.15) is 12.3 Å². The first-order valence-electron chi connectivity index (χ1n) is 5.29. The number of carboxylic acid groups (broad SMARTS) is 1. The van der Waals surface area contributed by atoms with Crippen LogP contribution in [0.2, 0.25) is 0 Å². The molecule has 0 aliphatic carbocycles. The van der Waals surface area contributed by atoms with E-state index in [1.54, 1.807) is 6.92 Å². The molecule has 3 N–H and O–H groups in total. The second kappa shape index (κ2) is 5.85. The SMILES string of the molecule is Cc1cc(O)cc(=O)n1CC(=O)NCCC(=O)O. The lowest BCUT2D eigenvalue weighted by atomic mass is 10.3. The molecule has 0 fully saturated rings. The van der Waals surface area contributed by atoms with Crippen LogP contribution in [0.3, 0.4) is 0 Å². The van der Waals surface area contributed by atoms with Crippen molar-refractivity contribution in [2.75, 3.05) is 6.54 Å². The molecule has 0 spiro atoms. The number of hydrogen-bond donors (Lipinski definition) is 3. The Morgan fingerprint density at radius 1 is 1.39 bits per heavy atom. The Labute approximate surface area is 103 Å². The van der Waals surface area contributed by atoms with Gasteiger partial charge in [0.2, 0.25) is 5.91 Å². The molecule has 1 aromatic rings. The second-order valence-corrected chi connectivity index (χ2v) is 3.77. The Kier molecular flexibility index (Phi) is 4.47. The summed E-state index contributed by atoms with van der Waals surface area (Å²) in [4.78, 5) is 33.2. The van der Waals surface area contributed by atoms with Gasteiger partial charge in [0.25, 0.3) is 5.56 Å². The minimum absolute atomic E-state index is 0.0139. The first-order chi connectivity index (χ1) is 8.40. The van der Waals surface area contributed by atoms with E-state index in [9.17, 15) is 19.5 Å². The number of nitrogens with zero attached hydrogens (tertiary/aromatic N) is 1. The molecule has 0 atom stereocenters. The average molecular weight is 254 g/mol. The van der Waals surface area contributed by atoms with E-state index < -0.39 is 17.4 Å². The van der Waals surface area contributed by atoms with Crippen molar-refractivity contribution in [3.8, 4) is 5.75 Å². The van der Waals surface area contributed by atoms with Gasteiger partial charge in [-0.25, -0.2) is 0 Å². The Morgan fingerprint density at radius 3 is 2.61 bits per heavy atom. The molecule has 0 bridgehead atoms. The molecule has 98 valence electrons. The number of nitrogens with one attached hydrogen (secondary N) is 1. The largest absolute Gasteiger partial charge is 0.508 e. The molecule has 1 aromatic heterocycles. The molecule has 0 saturated heterocycles. The Hall–Kier alpha value is -2.31. The molecule has 18 heavy (non-hydrogen) atoms. The van der Waals surface area contributed by atoms with Crippen molar-refractivity contribution in [3.63, 3.8) is 0 Å². The summed E-state index contributed by atoms with van der Waals surface area (Å²) in [5.41, 5.74) is -0.0331. The van der Waals surface area contributed by atoms with Gasteiger partial charge in [0.05, 0.1) is 6.42 Å². The number of hydrogen-bond acceptors (Lipinski definition) is 4. The topological polar surface area (TPSA) is 109 Å². The Morgan fingerprint density at radius 2 is 2.06 bits per heavy atom. The van der Waals surface area contributed by atoms with E-state index in [1.807, 2.05) is 0 Å². The molecule has 7 nitrogen and oxygen atoms in total. The third kappa shape index (κ3) is 3.93. The van der Waals surface area contributed by atoms with Crippen LogP contribution in [-0.2, 0) is 16.1 Å². The van der Waals surface area contributed by atoms with E-state index in [4.69, 9.17) is 5.11 Å². The zero-order valence-corrected chi connectivity index (χ0v) is 9.84. The first-order valence-corrected chi connectivity index (χ1v) is 5.29. The maximum atomic E-state index is 11.5. The highest BCUT2D eigenvalue weighted by atomic mass is 16.4. The standard InChI is InChI=1S/C11H14N2O5/c1-7-4-8(14)5-10(16)13(7)6-9(15)12-3-2-11(17)18/h4-5,14H,2-3,6H2,1H3,(H,12,15)(H,17,18). The lowest BCUT2D eigenvalue weighted by molar-refractivity contribution is -0.136. The highest BCUT2D eigenvalue weighted by Crippen LogP contribution is 2.06. The van der Waals surface area contributed by atoms with Crippen LogP contribution in [0.15, 0.2) is 16.9 Å². The third-order valence-corrected chi connectivity index (χ3v) is 2.28. The van der Waals surface area contributed by atoms with Crippen LogP contribution in [0.5, 0.6) is 5.75 Å². The van der Waals surface area contributed by atoms with E-state index in [1.165, 1.54) is 10.6 Å². The van der Waals surface area contributed by atoms with Gasteiger partial charge < -0.3 is 20.1 Å². The van der Waals surface area contributed by atoms with Gasteiger partial charge in [-0.1, -0.05) is 0 Å². The lowest BCUT2D eigenvalue weighted by Gasteiger charge is -2.09. The van der Waals surface area contributed by atoms with E-state index in [0.29, 0.717) is 5.69 Å². The summed E-state index contributed by atoms with van der Waals surface area (Å²) >= 11 is 0. The van der Waals surface area contributed by atoms with Crippen LogP contribution in [0.1, 0.15) is 12.1 Å². The summed E-state index contributed by atoms with van der Waals surface area (Å²) in [7, 11) is 0. The molecular formula is C11H14N2O5. The van der Waals surface area contributed by atoms with Gasteiger partial charge in [0, 0.05) is 18.3 Å². The Balaban J connectivity index is 2.65. The maximum Gasteiger partial charge on any atom is 0.305 e. The summed E-state index contributed by atoms with van der Waals surface area (Å²) in [6, 6.07) is 2.38. The molecule has 7 heteroatoms. The number of aromatic nitrogens is 1. The average Bonchev–Trinajstić information content (AvgIpc) is 2.22. The van der Waals surface area contributed by atoms with Crippen molar-refractivity contribution in [2.24, 2.45) is 0 Å². The van der Waals surface area contributed by atoms with Gasteiger partial charge in [-0.15, -0.1) is 0 Å². The summed E-state index contributed by atoms with van der Waals surface area (Å²) in [5, 5.41) is 20.0. The molecule has 1 amide bonds. The van der Waals surface area contributed by atoms with Crippen molar-refractivity contribution < 1.29 is 19.8 Å². The van der Waals surface area contributed by atoms with Crippen LogP contribution < -0.4 is 10.9 Å². The van der Waals surface area contributed by atoms with E-state index in [2.05, 4.69) is 5.32 Å². The van der Waals surface area contributed by atoms with Crippen LogP contribution in [0, 0.1) is 6.92 Å². The van der Waals surface area contributed by atoms with E-state index in [-0.39, 0.29) is 25.3 Å². The van der Waals surface area contributed by atoms with Crippen LogP contribution in [0.4, 0.5) is 0 Å². The molecular weight excluding hydrogens is 240 g/mol. The van der Waals surface area contributed by atoms with Gasteiger partial charge in [-0.05, 0) is 13.0 Å². The molecule has 0 radical (unpaired) electrons. The molecule has 0 unspecified atom stereocenters. The van der Waals surface area contributed by atoms with Gasteiger partial charge in [-0.3, -0.25) is 14.4 Å². The van der Waals surface area contributed by atoms with Gasteiger partial charge in [0.15, 0.2) is 0 Å². The summed E-state index contributed by atoms with van der Waals surface area (Å²) < 4.78 is 1.19. The molecule has 1 heterocycles. The van der Waals surface area contributed by atoms with E-state index in [0.717, 1.165) is 6.07 Å². The molecule has 0 saturated carbocycles. The summed E-state index contributed by atoms with van der Waals surface area (Å²) in [5.74, 6) is -1.61. The van der Waals surface area contributed by atoms with Crippen molar-refractivity contribution in [3.05, 3.63) is 28.2 Å². The minimum Gasteiger partial charge on any atom is -0.508 e. The van der Waals surface area contributed by atoms with Gasteiger partial charge >= 0.3 is 5.97 Å². The maximum absolute atomic E-state index is 11.5. The smallest absolute Gasteiger partial charge is 0.305 e. The number of aryl methyl sites for hydroxylation is 1. The van der Waals surface area contributed by atoms with Crippen molar-refractivity contribution in [1.82, 2.24) is 9.88 Å². The monoisotopic (exact) mass is 254 g/mol. The molecule has 0 aliphatic rings. The highest BCUT2D eigenvalue weighted by molar-refractivity contribution is 5.76. The quantitative estimate of drug-likeness (QED) is 0.653. The fourth-order valence-corrected chi connectivity index (χ4v) is 1.42. The van der Waals surface area contributed by atoms with Crippen molar-refractivity contribution in [2.45, 2.75) is 19.9 Å². The number of carbonyl (C=O) groups excluding carboxylic acids is 1. The Bertz CT molecular complexity index is 521. The predicted octanol–water partition coefficient (Wildman–Crippen LogP) is -0.547. The third-order valence-electron chi connectivity index (χ3n) is 2.28. The van der Waals surface area contributed by atoms with Gasteiger partial charge in [-0.2, -0.15) is 0 Å². The number of aliphatic carboxylic acids is 1. The fraction of sp³-hybridized carbons (Fsp3) is 0.364. The zero-order chi connectivity index (χ0) is 13.7. The fourth-order valence-electron chi connectivity index (χ4n) is 1.42. The molecule has 0 aromatic carbocycles. The first kappa shape index (κ1) is 13.8. The van der Waals surface area contributed by atoms with Crippen LogP contribution in [-0.4, -0.2) is 33.2 Å².